The Hall–Kier alpha value is -2.79. The summed E-state index contributed by atoms with van der Waals surface area (Å²) in [5.74, 6) is 1.76. The zero-order valence-electron chi connectivity index (χ0n) is 16.5. The Kier molecular flexibility index (Phi) is 6.37. The second-order valence-electron chi connectivity index (χ2n) is 6.85. The average molecular weight is 382 g/mol. The highest BCUT2D eigenvalue weighted by atomic mass is 16.5. The fourth-order valence-corrected chi connectivity index (χ4v) is 3.24. The molecule has 1 atom stereocenters. The third kappa shape index (κ3) is 4.20. The minimum Gasteiger partial charge on any atom is -0.493 e. The summed E-state index contributed by atoms with van der Waals surface area (Å²) in [6.07, 6.45) is 1.63. The van der Waals surface area contributed by atoms with Crippen LogP contribution in [0.5, 0.6) is 11.5 Å². The van der Waals surface area contributed by atoms with Gasteiger partial charge in [0.05, 0.1) is 25.2 Å². The van der Waals surface area contributed by atoms with E-state index in [1.165, 1.54) is 0 Å². The second-order valence-corrected chi connectivity index (χ2v) is 6.85. The van der Waals surface area contributed by atoms with Gasteiger partial charge in [-0.2, -0.15) is 0 Å². The van der Waals surface area contributed by atoms with Gasteiger partial charge in [0.1, 0.15) is 5.76 Å². The van der Waals surface area contributed by atoms with Crippen molar-refractivity contribution in [3.63, 3.8) is 0 Å². The van der Waals surface area contributed by atoms with Gasteiger partial charge in [-0.1, -0.05) is 37.6 Å². The maximum atomic E-state index is 12.4. The number of hydrogen-bond donors (Lipinski definition) is 1. The van der Waals surface area contributed by atoms with Crippen LogP contribution in [0.15, 0.2) is 51.7 Å². The predicted octanol–water partition coefficient (Wildman–Crippen LogP) is 4.57. The second kappa shape index (κ2) is 8.93. The lowest BCUT2D eigenvalue weighted by Gasteiger charge is -2.16. The number of aliphatic hydroxyl groups excluding tert-OH is 1. The van der Waals surface area contributed by atoms with E-state index in [0.29, 0.717) is 29.3 Å². The first kappa shape index (κ1) is 20.0. The zero-order valence-corrected chi connectivity index (χ0v) is 16.5. The van der Waals surface area contributed by atoms with E-state index in [1.807, 2.05) is 36.4 Å². The number of unbranched alkanes of at least 4 members (excludes halogenated alkanes) is 1. The van der Waals surface area contributed by atoms with Crippen LogP contribution in [-0.4, -0.2) is 24.9 Å². The lowest BCUT2D eigenvalue weighted by atomic mass is 9.96. The third-order valence-electron chi connectivity index (χ3n) is 4.60. The number of hydrogen-bond acceptors (Lipinski definition) is 5. The molecule has 0 saturated carbocycles. The molecule has 5 heteroatoms. The van der Waals surface area contributed by atoms with Crippen LogP contribution in [-0.2, 0) is 6.42 Å². The first-order valence-electron chi connectivity index (χ1n) is 9.59. The number of ether oxygens (including phenoxy) is 2. The molecule has 0 bridgehead atoms. The number of aliphatic hydroxyl groups is 1. The normalized spacial score (nSPS) is 12.1. The number of fused-ring (bicyclic) bond motifs is 1. The molecule has 0 amide bonds. The minimum absolute atomic E-state index is 0.243. The van der Waals surface area contributed by atoms with Crippen LogP contribution in [0.1, 0.15) is 32.4 Å². The molecule has 0 aliphatic heterocycles. The van der Waals surface area contributed by atoms with Gasteiger partial charge in [0.15, 0.2) is 11.5 Å². The van der Waals surface area contributed by atoms with Crippen molar-refractivity contribution >= 4 is 10.8 Å². The number of rotatable bonds is 8. The van der Waals surface area contributed by atoms with Gasteiger partial charge in [0.25, 0.3) is 0 Å². The summed E-state index contributed by atoms with van der Waals surface area (Å²) in [4.78, 5) is 12.4. The number of benzene rings is 2. The van der Waals surface area contributed by atoms with Crippen LogP contribution in [0.4, 0.5) is 0 Å². The number of methoxy groups -OCH3 is 1. The van der Waals surface area contributed by atoms with Crippen molar-refractivity contribution in [1.82, 2.24) is 0 Å². The monoisotopic (exact) mass is 382 g/mol. The van der Waals surface area contributed by atoms with E-state index < -0.39 is 11.7 Å². The van der Waals surface area contributed by atoms with Crippen molar-refractivity contribution in [2.24, 2.45) is 0 Å². The van der Waals surface area contributed by atoms with Crippen molar-refractivity contribution in [2.75, 3.05) is 13.7 Å². The van der Waals surface area contributed by atoms with Crippen LogP contribution >= 0.6 is 0 Å². The fraction of sp³-hybridized carbons (Fsp3) is 0.348. The van der Waals surface area contributed by atoms with Gasteiger partial charge in [0, 0.05) is 17.4 Å². The maximum Gasteiger partial charge on any atom is 0.343 e. The van der Waals surface area contributed by atoms with Crippen LogP contribution in [0, 0.1) is 0 Å². The van der Waals surface area contributed by atoms with Crippen molar-refractivity contribution in [3.05, 3.63) is 58.6 Å². The van der Waals surface area contributed by atoms with E-state index in [1.54, 1.807) is 20.1 Å². The molecule has 3 rings (SSSR count). The Labute approximate surface area is 164 Å². The molecule has 0 saturated heterocycles. The SMILES string of the molecule is CCCCOc1ccc(-c2c(CC(C)O)oc(=O)c3ccccc23)cc1OC. The lowest BCUT2D eigenvalue weighted by Crippen LogP contribution is -2.11. The summed E-state index contributed by atoms with van der Waals surface area (Å²) in [5, 5.41) is 11.2. The first-order valence-corrected chi connectivity index (χ1v) is 9.59. The van der Waals surface area contributed by atoms with E-state index in [0.717, 1.165) is 29.4 Å². The Morgan fingerprint density at radius 1 is 1.11 bits per heavy atom. The highest BCUT2D eigenvalue weighted by molar-refractivity contribution is 5.97. The molecule has 1 heterocycles. The molecule has 0 aliphatic carbocycles. The third-order valence-corrected chi connectivity index (χ3v) is 4.60. The molecule has 3 aromatic rings. The molecule has 0 spiro atoms. The quantitative estimate of drug-likeness (QED) is 0.578. The Morgan fingerprint density at radius 3 is 2.54 bits per heavy atom. The van der Waals surface area contributed by atoms with Crippen molar-refractivity contribution in [2.45, 2.75) is 39.2 Å². The van der Waals surface area contributed by atoms with Gasteiger partial charge in [-0.25, -0.2) is 4.79 Å². The van der Waals surface area contributed by atoms with Gasteiger partial charge in [0.2, 0.25) is 0 Å². The van der Waals surface area contributed by atoms with Crippen LogP contribution in [0.2, 0.25) is 0 Å². The Bertz CT molecular complexity index is 1000. The molecule has 1 unspecified atom stereocenters. The summed E-state index contributed by atoms with van der Waals surface area (Å²) < 4.78 is 16.9. The molecule has 148 valence electrons. The lowest BCUT2D eigenvalue weighted by molar-refractivity contribution is 0.186. The van der Waals surface area contributed by atoms with E-state index in [9.17, 15) is 9.90 Å². The molecule has 5 nitrogen and oxygen atoms in total. The standard InChI is InChI=1S/C23H26O5/c1-4-5-12-27-19-11-10-16(14-20(19)26-3)22-17-8-6-7-9-18(17)23(25)28-21(22)13-15(2)24/h6-11,14-15,24H,4-5,12-13H2,1-3H3. The molecule has 2 aromatic carbocycles. The van der Waals surface area contributed by atoms with E-state index >= 15 is 0 Å². The maximum absolute atomic E-state index is 12.4. The van der Waals surface area contributed by atoms with Crippen molar-refractivity contribution < 1.29 is 19.0 Å². The summed E-state index contributed by atoms with van der Waals surface area (Å²) in [6.45, 7) is 4.41. The summed E-state index contributed by atoms with van der Waals surface area (Å²) in [5.41, 5.74) is 1.23. The fourth-order valence-electron chi connectivity index (χ4n) is 3.24. The predicted molar refractivity (Wildman–Crippen MR) is 110 cm³/mol. The van der Waals surface area contributed by atoms with Gasteiger partial charge >= 0.3 is 5.63 Å². The van der Waals surface area contributed by atoms with Gasteiger partial charge in [-0.05, 0) is 37.1 Å². The van der Waals surface area contributed by atoms with E-state index in [-0.39, 0.29) is 6.42 Å². The van der Waals surface area contributed by atoms with Crippen LogP contribution in [0.25, 0.3) is 21.9 Å². The van der Waals surface area contributed by atoms with Gasteiger partial charge < -0.3 is 19.0 Å². The van der Waals surface area contributed by atoms with E-state index in [2.05, 4.69) is 6.92 Å². The Balaban J connectivity index is 2.16. The average Bonchev–Trinajstić information content (AvgIpc) is 2.68. The molecular formula is C23H26O5. The molecule has 0 fully saturated rings. The first-order chi connectivity index (χ1) is 13.5. The smallest absolute Gasteiger partial charge is 0.343 e. The molecule has 0 aliphatic rings. The molecule has 1 aromatic heterocycles. The van der Waals surface area contributed by atoms with Crippen molar-refractivity contribution in [3.8, 4) is 22.6 Å². The molecule has 0 radical (unpaired) electrons. The Morgan fingerprint density at radius 2 is 1.86 bits per heavy atom. The van der Waals surface area contributed by atoms with E-state index in [4.69, 9.17) is 13.9 Å². The van der Waals surface area contributed by atoms with Gasteiger partial charge in [-0.3, -0.25) is 0 Å². The topological polar surface area (TPSA) is 68.9 Å². The molecular weight excluding hydrogens is 356 g/mol. The molecule has 28 heavy (non-hydrogen) atoms. The summed E-state index contributed by atoms with van der Waals surface area (Å²) in [7, 11) is 1.60. The minimum atomic E-state index is -0.637. The molecule has 1 N–H and O–H groups in total. The van der Waals surface area contributed by atoms with Crippen LogP contribution < -0.4 is 15.1 Å². The highest BCUT2D eigenvalue weighted by Gasteiger charge is 2.18. The van der Waals surface area contributed by atoms with Gasteiger partial charge in [-0.15, -0.1) is 0 Å². The highest BCUT2D eigenvalue weighted by Crippen LogP contribution is 2.37. The van der Waals surface area contributed by atoms with Crippen LogP contribution in [0.3, 0.4) is 0 Å². The summed E-state index contributed by atoms with van der Waals surface area (Å²) >= 11 is 0. The summed E-state index contributed by atoms with van der Waals surface area (Å²) in [6, 6.07) is 13.0. The largest absolute Gasteiger partial charge is 0.493 e. The zero-order chi connectivity index (χ0) is 20.1. The van der Waals surface area contributed by atoms with Crippen molar-refractivity contribution in [1.29, 1.82) is 0 Å².